The van der Waals surface area contributed by atoms with Gasteiger partial charge in [-0.3, -0.25) is 0 Å². The van der Waals surface area contributed by atoms with Gasteiger partial charge in [0.05, 0.1) is 6.10 Å². The third-order valence-electron chi connectivity index (χ3n) is 2.70. The smallest absolute Gasteiger partial charge is 0.184 e. The molecule has 1 nitrogen and oxygen atoms in total. The number of hydrogen-bond acceptors (Lipinski definition) is 1. The summed E-state index contributed by atoms with van der Waals surface area (Å²) < 4.78 is 8.44. The lowest BCUT2D eigenvalue weighted by Gasteiger charge is -2.38. The second-order valence-electron chi connectivity index (χ2n) is 6.05. The van der Waals surface area contributed by atoms with E-state index in [1.54, 1.807) is 0 Å². The van der Waals surface area contributed by atoms with Crippen LogP contribution in [0.15, 0.2) is 10.2 Å². The van der Waals surface area contributed by atoms with Crippen molar-refractivity contribution in [3.63, 3.8) is 0 Å². The van der Waals surface area contributed by atoms with E-state index in [2.05, 4.69) is 73.2 Å². The van der Waals surface area contributed by atoms with Crippen LogP contribution in [0, 0.1) is 5.41 Å². The van der Waals surface area contributed by atoms with Crippen molar-refractivity contribution in [2.75, 3.05) is 0 Å². The van der Waals surface area contributed by atoms with Crippen LogP contribution in [0.25, 0.3) is 0 Å². The van der Waals surface area contributed by atoms with E-state index in [0.717, 1.165) is 6.42 Å². The number of hydrogen-bond donors (Lipinski definition) is 0. The first-order valence-corrected chi connectivity index (χ1v) is 10.8. The first-order valence-electron chi connectivity index (χ1n) is 6.16. The van der Waals surface area contributed by atoms with Crippen LogP contribution >= 0.6 is 22.6 Å². The van der Waals surface area contributed by atoms with E-state index in [1.807, 2.05) is 0 Å². The molecule has 96 valence electrons. The third-order valence-corrected chi connectivity index (χ3v) is 4.20. The fourth-order valence-corrected chi connectivity index (χ4v) is 3.50. The molecular formula is C13H27IOSi. The molecule has 0 aliphatic heterocycles. The molecule has 0 radical (unpaired) electrons. The van der Waals surface area contributed by atoms with Gasteiger partial charge in [0.25, 0.3) is 0 Å². The molecule has 0 aliphatic carbocycles. The number of rotatable bonds is 7. The highest BCUT2D eigenvalue weighted by molar-refractivity contribution is 14.1. The lowest BCUT2D eigenvalue weighted by atomic mass is 9.81. The normalized spacial score (nSPS) is 15.7. The molecule has 0 amide bonds. The van der Waals surface area contributed by atoms with Crippen LogP contribution in [0.2, 0.25) is 19.6 Å². The van der Waals surface area contributed by atoms with Gasteiger partial charge in [-0.25, -0.2) is 0 Å². The van der Waals surface area contributed by atoms with Crippen LogP contribution in [0.5, 0.6) is 0 Å². The molecule has 0 aromatic carbocycles. The largest absolute Gasteiger partial charge is 0.414 e. The Hall–Kier alpha value is 0.647. The minimum Gasteiger partial charge on any atom is -0.414 e. The Labute approximate surface area is 116 Å². The van der Waals surface area contributed by atoms with Crippen molar-refractivity contribution in [3.05, 3.63) is 10.2 Å². The SMILES string of the molecule is CCCC(C)(C)C(C/C=C/I)O[Si](C)(C)C. The van der Waals surface area contributed by atoms with Crippen molar-refractivity contribution in [2.45, 2.75) is 65.8 Å². The minimum absolute atomic E-state index is 0.283. The van der Waals surface area contributed by atoms with Gasteiger partial charge in [0.1, 0.15) is 0 Å². The van der Waals surface area contributed by atoms with Crippen LogP contribution in [-0.2, 0) is 4.43 Å². The first kappa shape index (κ1) is 16.6. The van der Waals surface area contributed by atoms with Gasteiger partial charge in [-0.1, -0.05) is 55.9 Å². The van der Waals surface area contributed by atoms with Gasteiger partial charge in [0, 0.05) is 0 Å². The summed E-state index contributed by atoms with van der Waals surface area (Å²) in [5.74, 6) is 0. The highest BCUT2D eigenvalue weighted by Gasteiger charge is 2.32. The summed E-state index contributed by atoms with van der Waals surface area (Å²) in [4.78, 5) is 0. The molecule has 0 aromatic rings. The predicted molar refractivity (Wildman–Crippen MR) is 84.7 cm³/mol. The zero-order chi connectivity index (χ0) is 12.8. The Morgan fingerprint density at radius 3 is 2.25 bits per heavy atom. The fraction of sp³-hybridized carbons (Fsp3) is 0.846. The maximum absolute atomic E-state index is 6.34. The maximum Gasteiger partial charge on any atom is 0.184 e. The lowest BCUT2D eigenvalue weighted by Crippen LogP contribution is -2.40. The van der Waals surface area contributed by atoms with Gasteiger partial charge in [-0.2, -0.15) is 0 Å². The van der Waals surface area contributed by atoms with Crippen molar-refractivity contribution in [3.8, 4) is 0 Å². The Balaban J connectivity index is 4.64. The molecule has 0 aromatic heterocycles. The van der Waals surface area contributed by atoms with Crippen molar-refractivity contribution in [1.82, 2.24) is 0 Å². The highest BCUT2D eigenvalue weighted by atomic mass is 127. The van der Waals surface area contributed by atoms with E-state index in [-0.39, 0.29) is 5.41 Å². The maximum atomic E-state index is 6.34. The van der Waals surface area contributed by atoms with E-state index in [4.69, 9.17) is 4.43 Å². The van der Waals surface area contributed by atoms with E-state index in [1.165, 1.54) is 12.8 Å². The van der Waals surface area contributed by atoms with Crippen LogP contribution in [0.1, 0.15) is 40.0 Å². The summed E-state index contributed by atoms with van der Waals surface area (Å²) in [6.45, 7) is 13.7. The van der Waals surface area contributed by atoms with E-state index in [0.29, 0.717) is 6.10 Å². The average Bonchev–Trinajstić information content (AvgIpc) is 2.10. The lowest BCUT2D eigenvalue weighted by molar-refractivity contribution is 0.0616. The molecule has 0 heterocycles. The molecule has 0 rings (SSSR count). The van der Waals surface area contributed by atoms with Gasteiger partial charge in [-0.05, 0) is 42.0 Å². The van der Waals surface area contributed by atoms with Gasteiger partial charge < -0.3 is 4.43 Å². The molecular weight excluding hydrogens is 327 g/mol. The molecule has 0 fully saturated rings. The Morgan fingerprint density at radius 2 is 1.88 bits per heavy atom. The van der Waals surface area contributed by atoms with E-state index in [9.17, 15) is 0 Å². The van der Waals surface area contributed by atoms with Gasteiger partial charge in [-0.15, -0.1) is 0 Å². The topological polar surface area (TPSA) is 9.23 Å². The second kappa shape index (κ2) is 7.16. The molecule has 1 unspecified atom stereocenters. The molecule has 0 spiro atoms. The molecule has 0 aliphatic rings. The summed E-state index contributed by atoms with van der Waals surface area (Å²) in [6.07, 6.45) is 6.09. The molecule has 0 saturated carbocycles. The molecule has 3 heteroatoms. The van der Waals surface area contributed by atoms with Crippen molar-refractivity contribution < 1.29 is 4.43 Å². The molecule has 0 N–H and O–H groups in total. The summed E-state index contributed by atoms with van der Waals surface area (Å²) >= 11 is 2.28. The Kier molecular flexibility index (Phi) is 7.45. The van der Waals surface area contributed by atoms with Crippen molar-refractivity contribution in [1.29, 1.82) is 0 Å². The average molecular weight is 354 g/mol. The van der Waals surface area contributed by atoms with Crippen LogP contribution < -0.4 is 0 Å². The Bertz CT molecular complexity index is 218. The molecule has 1 atom stereocenters. The standard InChI is InChI=1S/C13H27IOSi/c1-7-10-13(2,3)12(9-8-11-14)15-16(4,5)6/h8,11-12H,7,9-10H2,1-6H3/b11-8+. The van der Waals surface area contributed by atoms with Crippen LogP contribution in [-0.4, -0.2) is 14.4 Å². The monoisotopic (exact) mass is 354 g/mol. The quantitative estimate of drug-likeness (QED) is 0.441. The molecule has 0 bridgehead atoms. The predicted octanol–water partition coefficient (Wildman–Crippen LogP) is 5.37. The summed E-state index contributed by atoms with van der Waals surface area (Å²) in [5.41, 5.74) is 0.283. The van der Waals surface area contributed by atoms with E-state index >= 15 is 0 Å². The van der Waals surface area contributed by atoms with Gasteiger partial charge in [0.2, 0.25) is 0 Å². The highest BCUT2D eigenvalue weighted by Crippen LogP contribution is 2.33. The molecule has 0 saturated heterocycles. The fourth-order valence-electron chi connectivity index (χ4n) is 1.93. The van der Waals surface area contributed by atoms with Gasteiger partial charge in [0.15, 0.2) is 8.32 Å². The zero-order valence-corrected chi connectivity index (χ0v) is 14.8. The van der Waals surface area contributed by atoms with E-state index < -0.39 is 8.32 Å². The van der Waals surface area contributed by atoms with Crippen molar-refractivity contribution in [2.24, 2.45) is 5.41 Å². The first-order chi connectivity index (χ1) is 7.23. The number of halogens is 1. The summed E-state index contributed by atoms with van der Waals surface area (Å²) in [7, 11) is -1.45. The minimum atomic E-state index is -1.45. The molecule has 16 heavy (non-hydrogen) atoms. The third kappa shape index (κ3) is 7.07. The Morgan fingerprint density at radius 1 is 1.31 bits per heavy atom. The summed E-state index contributed by atoms with van der Waals surface area (Å²) in [5, 5.41) is 0. The zero-order valence-electron chi connectivity index (χ0n) is 11.6. The second-order valence-corrected chi connectivity index (χ2v) is 11.2. The van der Waals surface area contributed by atoms with Gasteiger partial charge >= 0.3 is 0 Å². The summed E-state index contributed by atoms with van der Waals surface area (Å²) in [6, 6.07) is 0. The van der Waals surface area contributed by atoms with Crippen LogP contribution in [0.3, 0.4) is 0 Å². The van der Waals surface area contributed by atoms with Crippen molar-refractivity contribution >= 4 is 30.9 Å². The van der Waals surface area contributed by atoms with Crippen LogP contribution in [0.4, 0.5) is 0 Å².